The summed E-state index contributed by atoms with van der Waals surface area (Å²) in [5, 5.41) is 26.2. The van der Waals surface area contributed by atoms with Gasteiger partial charge in [0, 0.05) is 96.2 Å². The molecule has 113 heavy (non-hydrogen) atoms. The summed E-state index contributed by atoms with van der Waals surface area (Å²) >= 11 is 20.8. The van der Waals surface area contributed by atoms with Crippen molar-refractivity contribution in [3.05, 3.63) is 157 Å². The number of pyridine rings is 5. The zero-order valence-electron chi connectivity index (χ0n) is 66.1. The molecule has 0 aliphatic heterocycles. The number of phenolic OH excluding ortho intramolecular Hbond substituents is 1. The molecular formula is C82H97BrClN7O14S8. The van der Waals surface area contributed by atoms with Crippen LogP contribution in [0.1, 0.15) is 55.4 Å². The monoisotopic (exact) mass is 1770 g/mol. The molecule has 5 heterocycles. The highest BCUT2D eigenvalue weighted by molar-refractivity contribution is 9.10. The molecule has 0 bridgehead atoms. The second-order valence-electron chi connectivity index (χ2n) is 23.9. The lowest BCUT2D eigenvalue weighted by Gasteiger charge is -2.24. The van der Waals surface area contributed by atoms with Gasteiger partial charge in [0.05, 0.1) is 60.0 Å². The summed E-state index contributed by atoms with van der Waals surface area (Å²) in [5.74, 6) is 16.4. The number of phenols is 1. The molecule has 0 saturated heterocycles. The number of aliphatic carboxylic acids is 1. The van der Waals surface area contributed by atoms with Crippen molar-refractivity contribution >= 4 is 200 Å². The van der Waals surface area contributed by atoms with E-state index in [4.69, 9.17) is 55.6 Å². The van der Waals surface area contributed by atoms with Crippen LogP contribution >= 0.6 is 122 Å². The van der Waals surface area contributed by atoms with Gasteiger partial charge in [-0.25, -0.2) is 14.4 Å². The minimum Gasteiger partial charge on any atom is -0.508 e. The number of halogens is 2. The molecule has 10 rings (SSSR count). The van der Waals surface area contributed by atoms with Gasteiger partial charge in [0.15, 0.2) is 4.71 Å². The van der Waals surface area contributed by atoms with E-state index >= 15 is 0 Å². The SMILES string of the molecule is CCSc1cnc2ccc(O)cc2c1.CCSc1cnc2ccc(OC(SC)C(=O)NC(C)(C)C#CCOC)cc2c1.CCSc1cnc2ccc(OC(SC)C(=O)O)cc2c1.CCSc1cnc2ccc(OC(SC)C(=O)OC)cc2c1.COC(=O)C(Cl)SC.COCC#CC(C)(C)N.COc1ccc2ncc(Br)cc2c1. The lowest BCUT2D eigenvalue weighted by Crippen LogP contribution is -2.47. The molecule has 4 atom stereocenters. The second-order valence-corrected chi connectivity index (χ2v) is 34.5. The number of ether oxygens (including phenoxy) is 8. The van der Waals surface area contributed by atoms with Crippen LogP contribution in [0.3, 0.4) is 0 Å². The summed E-state index contributed by atoms with van der Waals surface area (Å²) in [7, 11) is 7.52. The van der Waals surface area contributed by atoms with E-state index in [9.17, 15) is 24.3 Å². The Labute approximate surface area is 710 Å². The largest absolute Gasteiger partial charge is 0.508 e. The predicted molar refractivity (Wildman–Crippen MR) is 479 cm³/mol. The smallest absolute Gasteiger partial charge is 0.357 e. The highest BCUT2D eigenvalue weighted by Crippen LogP contribution is 2.32. The van der Waals surface area contributed by atoms with E-state index in [1.165, 1.54) is 49.5 Å². The number of esters is 2. The first-order valence-electron chi connectivity index (χ1n) is 34.7. The van der Waals surface area contributed by atoms with Crippen LogP contribution in [-0.2, 0) is 38.1 Å². The Kier molecular flexibility index (Phi) is 45.9. The second kappa shape index (κ2) is 53.0. The summed E-state index contributed by atoms with van der Waals surface area (Å²) < 4.78 is 41.3. The fourth-order valence-corrected chi connectivity index (χ4v) is 13.9. The van der Waals surface area contributed by atoms with Gasteiger partial charge in [0.2, 0.25) is 16.3 Å². The number of carboxylic acid groups (broad SMARTS) is 1. The zero-order valence-corrected chi connectivity index (χ0v) is 75.0. The van der Waals surface area contributed by atoms with Crippen molar-refractivity contribution in [2.75, 3.05) is 96.8 Å². The molecule has 10 aromatic rings. The number of fused-ring (bicyclic) bond motifs is 5. The maximum Gasteiger partial charge on any atom is 0.357 e. The third kappa shape index (κ3) is 36.5. The van der Waals surface area contributed by atoms with Crippen LogP contribution in [0.5, 0.6) is 28.7 Å². The van der Waals surface area contributed by atoms with Crippen LogP contribution in [0, 0.1) is 23.7 Å². The van der Waals surface area contributed by atoms with E-state index in [1.54, 1.807) is 112 Å². The molecule has 0 fully saturated rings. The van der Waals surface area contributed by atoms with Gasteiger partial charge in [-0.2, -0.15) is 0 Å². The fraction of sp³-hybridized carbons (Fsp3) is 0.354. The quantitative estimate of drug-likeness (QED) is 0.0129. The van der Waals surface area contributed by atoms with Crippen molar-refractivity contribution in [1.82, 2.24) is 30.2 Å². The van der Waals surface area contributed by atoms with Gasteiger partial charge in [-0.1, -0.05) is 63.0 Å². The van der Waals surface area contributed by atoms with Crippen LogP contribution in [0.4, 0.5) is 0 Å². The molecule has 5 aromatic carbocycles. The van der Waals surface area contributed by atoms with Gasteiger partial charge >= 0.3 is 17.9 Å². The van der Waals surface area contributed by atoms with Crippen molar-refractivity contribution in [3.63, 3.8) is 0 Å². The Morgan fingerprint density at radius 3 is 1.19 bits per heavy atom. The number of carboxylic acids is 1. The van der Waals surface area contributed by atoms with Crippen LogP contribution in [0.15, 0.2) is 176 Å². The lowest BCUT2D eigenvalue weighted by molar-refractivity contribution is -0.144. The summed E-state index contributed by atoms with van der Waals surface area (Å²) in [6.07, 6.45) is 16.3. The number of hydrogen-bond donors (Lipinski definition) is 4. The number of amides is 1. The number of benzene rings is 5. The van der Waals surface area contributed by atoms with Crippen molar-refractivity contribution in [3.8, 4) is 52.4 Å². The number of aromatic hydroxyl groups is 1. The number of methoxy groups -OCH3 is 5. The highest BCUT2D eigenvalue weighted by atomic mass is 79.9. The molecule has 0 aliphatic carbocycles. The first-order valence-corrected chi connectivity index (χ1v) is 45.0. The molecule has 21 nitrogen and oxygen atoms in total. The van der Waals surface area contributed by atoms with Crippen LogP contribution < -0.4 is 30.0 Å². The number of alkyl halides is 1. The van der Waals surface area contributed by atoms with Gasteiger partial charge in [-0.05, 0) is 213 Å². The van der Waals surface area contributed by atoms with Crippen molar-refractivity contribution in [2.24, 2.45) is 5.73 Å². The molecular weight excluding hydrogens is 1680 g/mol. The van der Waals surface area contributed by atoms with E-state index in [2.05, 4.69) is 120 Å². The summed E-state index contributed by atoms with van der Waals surface area (Å²) in [4.78, 5) is 71.9. The summed E-state index contributed by atoms with van der Waals surface area (Å²) in [5.41, 5.74) is 6.82. The molecule has 5 N–H and O–H groups in total. The van der Waals surface area contributed by atoms with Gasteiger partial charge in [-0.15, -0.1) is 94.1 Å². The molecule has 4 unspecified atom stereocenters. The Hall–Kier alpha value is -7.40. The number of nitrogens with zero attached hydrogens (tertiary/aromatic N) is 5. The molecule has 0 radical (unpaired) electrons. The first kappa shape index (κ1) is 98.0. The fourth-order valence-electron chi connectivity index (χ4n) is 9.10. The Bertz CT molecular complexity index is 4800. The number of nitrogens with one attached hydrogen (secondary N) is 1. The molecule has 5 aromatic heterocycles. The van der Waals surface area contributed by atoms with Crippen LogP contribution in [-0.4, -0.2) is 188 Å². The molecule has 0 saturated carbocycles. The van der Waals surface area contributed by atoms with Gasteiger partial charge in [0.1, 0.15) is 42.0 Å². The Morgan fingerprint density at radius 1 is 0.487 bits per heavy atom. The van der Waals surface area contributed by atoms with Gasteiger partial charge in [-0.3, -0.25) is 29.7 Å². The summed E-state index contributed by atoms with van der Waals surface area (Å²) in [6, 6.07) is 38.0. The minimum absolute atomic E-state index is 0.224. The average molecular weight is 1780 g/mol. The van der Waals surface area contributed by atoms with E-state index in [1.807, 2.05) is 144 Å². The van der Waals surface area contributed by atoms with E-state index in [-0.39, 0.29) is 17.6 Å². The molecule has 31 heteroatoms. The van der Waals surface area contributed by atoms with Gasteiger partial charge in [0.25, 0.3) is 5.91 Å². The van der Waals surface area contributed by atoms with Crippen LogP contribution in [0.2, 0.25) is 0 Å². The standard InChI is InChI=1S/C21H26N2O3S2.C15H17NO3S2.C14H15NO3S2.C11H11NOS.C10H8BrNO.C7H13NO.C4H7ClO2S/c1-6-28-17-13-15-12-16(8-9-18(15)22-14-17)26-20(27-5)19(24)23-21(2,3)10-7-11-25-4;1-4-21-12-8-10-7-11(5-6-13(10)16-9-12)19-15(20-3)14(17)18-2;1-3-20-11-7-9-6-10(4-5-12(9)15-8-11)18-14(19-2)13(16)17;1-2-14-10-6-8-5-9(13)3-4-11(8)12-7-10;1-13-9-2-3-10-7(5-9)4-8(11)6-12-10;1-7(2,8)5-4-6-9-3;1-7-4(6)3(5)8-2/h8-9,12-14,20H,6,11H2,1-5H3,(H,23,24);5-9,15H,4H2,1-3H3;4-8,14H,3H2,1-2H3,(H,16,17);3-7,13H,2H2,1H3;2-6H,1H3;6,8H2,1-3H3;3H,1-2H3. The van der Waals surface area contributed by atoms with Crippen LogP contribution in [0.25, 0.3) is 54.5 Å². The number of thioether (sulfide) groups is 8. The van der Waals surface area contributed by atoms with E-state index < -0.39 is 44.0 Å². The number of aromatic nitrogens is 5. The number of rotatable bonds is 26. The maximum atomic E-state index is 12.7. The number of carbonyl (C=O) groups excluding carboxylic acids is 3. The lowest BCUT2D eigenvalue weighted by atomic mass is 10.1. The topological polar surface area (TPSA) is 285 Å². The number of carbonyl (C=O) groups is 4. The Morgan fingerprint density at radius 2 is 0.841 bits per heavy atom. The minimum atomic E-state index is -0.981. The Balaban J connectivity index is 0.000000288. The molecule has 0 aliphatic rings. The van der Waals surface area contributed by atoms with Crippen molar-refractivity contribution < 1.29 is 67.3 Å². The molecule has 0 spiro atoms. The normalized spacial score (nSPS) is 11.7. The van der Waals surface area contributed by atoms with Gasteiger partial charge < -0.3 is 59.2 Å². The predicted octanol–water partition coefficient (Wildman–Crippen LogP) is 18.6. The van der Waals surface area contributed by atoms with E-state index in [0.29, 0.717) is 30.5 Å². The number of nitrogens with two attached hydrogens (primary N) is 1. The average Bonchev–Trinajstić information content (AvgIpc) is 0.834. The first-order chi connectivity index (χ1) is 54.1. The third-order valence-electron chi connectivity index (χ3n) is 14.1. The van der Waals surface area contributed by atoms with Crippen molar-refractivity contribution in [2.45, 2.75) is 107 Å². The third-order valence-corrected chi connectivity index (χ3v) is 21.4. The summed E-state index contributed by atoms with van der Waals surface area (Å²) in [6.45, 7) is 16.6. The van der Waals surface area contributed by atoms with Crippen molar-refractivity contribution in [1.29, 1.82) is 0 Å². The van der Waals surface area contributed by atoms with E-state index in [0.717, 1.165) is 119 Å². The highest BCUT2D eigenvalue weighted by Gasteiger charge is 2.26. The zero-order chi connectivity index (χ0) is 83.5. The maximum absolute atomic E-state index is 12.7. The molecule has 1 amide bonds. The number of hydrogen-bond acceptors (Lipinski definition) is 27. The molecule has 606 valence electrons.